The first-order valence-corrected chi connectivity index (χ1v) is 9.47. The van der Waals surface area contributed by atoms with Gasteiger partial charge < -0.3 is 15.1 Å². The molecule has 1 aromatic carbocycles. The number of likely N-dealkylation sites (tertiary alicyclic amines) is 1. The SMILES string of the molecule is CN1CCN(NCc2ccc(CNCCN3CCCC3)cc2)CC1. The van der Waals surface area contributed by atoms with Gasteiger partial charge in [-0.25, -0.2) is 5.01 Å². The topological polar surface area (TPSA) is 33.8 Å². The van der Waals surface area contributed by atoms with Crippen LogP contribution in [0, 0.1) is 0 Å². The Balaban J connectivity index is 1.31. The second-order valence-electron chi connectivity index (χ2n) is 7.17. The van der Waals surface area contributed by atoms with Crippen LogP contribution in [0.1, 0.15) is 24.0 Å². The zero-order valence-corrected chi connectivity index (χ0v) is 15.1. The molecule has 2 fully saturated rings. The van der Waals surface area contributed by atoms with E-state index in [1.807, 2.05) is 0 Å². The molecule has 5 nitrogen and oxygen atoms in total. The van der Waals surface area contributed by atoms with Gasteiger partial charge in [-0.15, -0.1) is 0 Å². The van der Waals surface area contributed by atoms with Crippen molar-refractivity contribution in [2.24, 2.45) is 0 Å². The van der Waals surface area contributed by atoms with E-state index < -0.39 is 0 Å². The van der Waals surface area contributed by atoms with Gasteiger partial charge in [0.25, 0.3) is 0 Å². The van der Waals surface area contributed by atoms with E-state index in [1.54, 1.807) is 0 Å². The normalized spacial score (nSPS) is 20.7. The summed E-state index contributed by atoms with van der Waals surface area (Å²) in [6.07, 6.45) is 2.76. The average molecular weight is 332 g/mol. The first-order chi connectivity index (χ1) is 11.8. The van der Waals surface area contributed by atoms with Crippen molar-refractivity contribution in [3.63, 3.8) is 0 Å². The molecular weight excluding hydrogens is 298 g/mol. The van der Waals surface area contributed by atoms with Crippen LogP contribution in [0.5, 0.6) is 0 Å². The molecule has 2 heterocycles. The highest BCUT2D eigenvalue weighted by Gasteiger charge is 2.13. The number of piperazine rings is 1. The summed E-state index contributed by atoms with van der Waals surface area (Å²) in [5.41, 5.74) is 6.28. The summed E-state index contributed by atoms with van der Waals surface area (Å²) in [4.78, 5) is 4.93. The standard InChI is InChI=1S/C19H33N5/c1-22-12-14-24(15-13-22)21-17-19-6-4-18(5-7-19)16-20-8-11-23-9-2-3-10-23/h4-7,20-21H,2-3,8-17H2,1H3. The van der Waals surface area contributed by atoms with Gasteiger partial charge in [0.05, 0.1) is 0 Å². The van der Waals surface area contributed by atoms with Crippen LogP contribution in [0.4, 0.5) is 0 Å². The molecule has 0 aliphatic carbocycles. The number of hydrazine groups is 1. The lowest BCUT2D eigenvalue weighted by Crippen LogP contribution is -2.50. The minimum absolute atomic E-state index is 0.923. The van der Waals surface area contributed by atoms with Crippen LogP contribution in [-0.4, -0.2) is 74.2 Å². The first-order valence-electron chi connectivity index (χ1n) is 9.47. The fraction of sp³-hybridized carbons (Fsp3) is 0.684. The van der Waals surface area contributed by atoms with Crippen molar-refractivity contribution in [2.45, 2.75) is 25.9 Å². The molecule has 2 aliphatic rings. The molecule has 2 N–H and O–H groups in total. The minimum Gasteiger partial charge on any atom is -0.311 e. The predicted octanol–water partition coefficient (Wildman–Crippen LogP) is 1.12. The monoisotopic (exact) mass is 331 g/mol. The molecule has 2 aliphatic heterocycles. The van der Waals surface area contributed by atoms with Crippen LogP contribution in [0.3, 0.4) is 0 Å². The van der Waals surface area contributed by atoms with E-state index in [0.717, 1.165) is 45.8 Å². The average Bonchev–Trinajstić information content (AvgIpc) is 3.13. The van der Waals surface area contributed by atoms with Gasteiger partial charge in [-0.2, -0.15) is 0 Å². The highest BCUT2D eigenvalue weighted by atomic mass is 15.5. The third-order valence-electron chi connectivity index (χ3n) is 5.17. The van der Waals surface area contributed by atoms with E-state index in [0.29, 0.717) is 0 Å². The summed E-state index contributed by atoms with van der Waals surface area (Å²) in [6, 6.07) is 9.01. The lowest BCUT2D eigenvalue weighted by atomic mass is 10.1. The quantitative estimate of drug-likeness (QED) is 0.698. The predicted molar refractivity (Wildman–Crippen MR) is 99.7 cm³/mol. The smallest absolute Gasteiger partial charge is 0.0353 e. The van der Waals surface area contributed by atoms with Gasteiger partial charge in [0.1, 0.15) is 0 Å². The molecule has 0 amide bonds. The highest BCUT2D eigenvalue weighted by Crippen LogP contribution is 2.07. The largest absolute Gasteiger partial charge is 0.311 e. The number of nitrogens with zero attached hydrogens (tertiary/aromatic N) is 3. The summed E-state index contributed by atoms with van der Waals surface area (Å²) >= 11 is 0. The Kier molecular flexibility index (Phi) is 7.05. The maximum atomic E-state index is 3.57. The van der Waals surface area contributed by atoms with Crippen LogP contribution in [0.15, 0.2) is 24.3 Å². The van der Waals surface area contributed by atoms with Crippen molar-refractivity contribution in [3.8, 4) is 0 Å². The molecule has 0 atom stereocenters. The second kappa shape index (κ2) is 9.49. The van der Waals surface area contributed by atoms with Gasteiger partial charge in [0.15, 0.2) is 0 Å². The molecule has 0 saturated carbocycles. The van der Waals surface area contributed by atoms with Crippen LogP contribution >= 0.6 is 0 Å². The molecule has 0 spiro atoms. The summed E-state index contributed by atoms with van der Waals surface area (Å²) in [5.74, 6) is 0. The third kappa shape index (κ3) is 5.83. The molecule has 24 heavy (non-hydrogen) atoms. The van der Waals surface area contributed by atoms with E-state index in [4.69, 9.17) is 0 Å². The van der Waals surface area contributed by atoms with Crippen LogP contribution in [-0.2, 0) is 13.1 Å². The van der Waals surface area contributed by atoms with Crippen molar-refractivity contribution in [2.75, 3.05) is 59.4 Å². The molecular formula is C19H33N5. The molecule has 2 saturated heterocycles. The number of hydrogen-bond acceptors (Lipinski definition) is 5. The Morgan fingerprint density at radius 3 is 2.12 bits per heavy atom. The molecule has 3 rings (SSSR count). The van der Waals surface area contributed by atoms with Gasteiger partial charge in [-0.3, -0.25) is 5.43 Å². The second-order valence-corrected chi connectivity index (χ2v) is 7.17. The van der Waals surface area contributed by atoms with Gasteiger partial charge in [-0.05, 0) is 44.1 Å². The summed E-state index contributed by atoms with van der Waals surface area (Å²) in [6.45, 7) is 11.3. The van der Waals surface area contributed by atoms with E-state index in [2.05, 4.69) is 56.9 Å². The Morgan fingerprint density at radius 2 is 1.46 bits per heavy atom. The third-order valence-corrected chi connectivity index (χ3v) is 5.17. The Bertz CT molecular complexity index is 461. The number of likely N-dealkylation sites (N-methyl/N-ethyl adjacent to an activating group) is 1. The van der Waals surface area contributed by atoms with Crippen LogP contribution < -0.4 is 10.7 Å². The zero-order chi connectivity index (χ0) is 16.6. The van der Waals surface area contributed by atoms with Crippen molar-refractivity contribution in [3.05, 3.63) is 35.4 Å². The summed E-state index contributed by atoms with van der Waals surface area (Å²) in [5, 5.41) is 5.91. The summed E-state index contributed by atoms with van der Waals surface area (Å²) in [7, 11) is 2.19. The molecule has 0 bridgehead atoms. The lowest BCUT2D eigenvalue weighted by molar-refractivity contribution is 0.102. The fourth-order valence-electron chi connectivity index (χ4n) is 3.42. The van der Waals surface area contributed by atoms with Crippen LogP contribution in [0.25, 0.3) is 0 Å². The van der Waals surface area contributed by atoms with E-state index in [9.17, 15) is 0 Å². The van der Waals surface area contributed by atoms with Crippen molar-refractivity contribution < 1.29 is 0 Å². The maximum Gasteiger partial charge on any atom is 0.0353 e. The lowest BCUT2D eigenvalue weighted by Gasteiger charge is -2.32. The Labute approximate surface area is 147 Å². The molecule has 134 valence electrons. The molecule has 0 radical (unpaired) electrons. The zero-order valence-electron chi connectivity index (χ0n) is 15.1. The number of benzene rings is 1. The number of nitrogens with one attached hydrogen (secondary N) is 2. The van der Waals surface area contributed by atoms with Gasteiger partial charge >= 0.3 is 0 Å². The first kappa shape index (κ1) is 17.8. The van der Waals surface area contributed by atoms with Gasteiger partial charge in [0, 0.05) is 52.4 Å². The van der Waals surface area contributed by atoms with E-state index >= 15 is 0 Å². The molecule has 1 aromatic rings. The molecule has 5 heteroatoms. The van der Waals surface area contributed by atoms with Crippen molar-refractivity contribution in [1.29, 1.82) is 0 Å². The maximum absolute atomic E-state index is 3.57. The number of rotatable bonds is 8. The minimum atomic E-state index is 0.923. The van der Waals surface area contributed by atoms with Crippen molar-refractivity contribution in [1.82, 2.24) is 25.6 Å². The van der Waals surface area contributed by atoms with Gasteiger partial charge in [0.2, 0.25) is 0 Å². The van der Waals surface area contributed by atoms with Crippen molar-refractivity contribution >= 4 is 0 Å². The van der Waals surface area contributed by atoms with E-state index in [-0.39, 0.29) is 0 Å². The molecule has 0 aromatic heterocycles. The Hall–Kier alpha value is -0.980. The van der Waals surface area contributed by atoms with Gasteiger partial charge in [-0.1, -0.05) is 24.3 Å². The highest BCUT2D eigenvalue weighted by molar-refractivity contribution is 5.22. The fourth-order valence-corrected chi connectivity index (χ4v) is 3.42. The van der Waals surface area contributed by atoms with E-state index in [1.165, 1.54) is 43.6 Å². The summed E-state index contributed by atoms with van der Waals surface area (Å²) < 4.78 is 0. The Morgan fingerprint density at radius 1 is 0.833 bits per heavy atom. The van der Waals surface area contributed by atoms with Crippen LogP contribution in [0.2, 0.25) is 0 Å². The molecule has 0 unspecified atom stereocenters. The number of hydrogen-bond donors (Lipinski definition) is 2.